The molecule has 3 rings (SSSR count). The molecule has 13 heteroatoms. The summed E-state index contributed by atoms with van der Waals surface area (Å²) in [5, 5.41) is 8.06. The predicted molar refractivity (Wildman–Crippen MR) is 105 cm³/mol. The van der Waals surface area contributed by atoms with Gasteiger partial charge in [-0.05, 0) is 12.3 Å². The topological polar surface area (TPSA) is 75.4 Å². The van der Waals surface area contributed by atoms with Crippen LogP contribution >= 0.6 is 35.1 Å². The first kappa shape index (κ1) is 22.0. The van der Waals surface area contributed by atoms with Crippen molar-refractivity contribution >= 4 is 46.8 Å². The van der Waals surface area contributed by atoms with Gasteiger partial charge in [-0.2, -0.15) is 24.9 Å². The molecule has 29 heavy (non-hydrogen) atoms. The van der Waals surface area contributed by atoms with Crippen molar-refractivity contribution in [1.29, 1.82) is 0 Å². The van der Waals surface area contributed by atoms with Crippen molar-refractivity contribution in [2.75, 3.05) is 43.1 Å². The number of hydrogen-bond donors (Lipinski definition) is 0. The number of rotatable bonds is 6. The molecule has 0 radical (unpaired) electrons. The van der Waals surface area contributed by atoms with Gasteiger partial charge in [0.1, 0.15) is 5.82 Å². The normalized spacial score (nSPS) is 15.1. The zero-order valence-corrected chi connectivity index (χ0v) is 17.7. The summed E-state index contributed by atoms with van der Waals surface area (Å²) < 4.78 is 43.6. The van der Waals surface area contributed by atoms with Crippen LogP contribution in [0.4, 0.5) is 19.0 Å². The van der Waals surface area contributed by atoms with E-state index >= 15 is 0 Å². The molecule has 0 bridgehead atoms. The summed E-state index contributed by atoms with van der Waals surface area (Å²) in [6.07, 6.45) is -1.80. The van der Waals surface area contributed by atoms with Gasteiger partial charge in [0.25, 0.3) is 5.22 Å². The average Bonchev–Trinajstić information content (AvgIpc) is 3.13. The Labute approximate surface area is 178 Å². The van der Waals surface area contributed by atoms with Crippen LogP contribution in [0.25, 0.3) is 0 Å². The zero-order valence-electron chi connectivity index (χ0n) is 15.3. The fourth-order valence-electron chi connectivity index (χ4n) is 2.68. The summed E-state index contributed by atoms with van der Waals surface area (Å²) in [4.78, 5) is 19.7. The molecule has 0 aromatic carbocycles. The molecule has 1 saturated heterocycles. The van der Waals surface area contributed by atoms with Crippen LogP contribution in [0.5, 0.6) is 0 Å². The number of anilines is 1. The lowest BCUT2D eigenvalue weighted by Crippen LogP contribution is -2.49. The quantitative estimate of drug-likeness (QED) is 0.598. The number of carbonyl (C=O) groups is 1. The monoisotopic (exact) mass is 467 g/mol. The van der Waals surface area contributed by atoms with Gasteiger partial charge in [0, 0.05) is 32.4 Å². The van der Waals surface area contributed by atoms with Crippen LogP contribution in [0.3, 0.4) is 0 Å². The van der Waals surface area contributed by atoms with Crippen LogP contribution in [0.1, 0.15) is 11.5 Å². The molecule has 1 aliphatic rings. The first-order chi connectivity index (χ1) is 13.8. The Kier molecular flexibility index (Phi) is 7.17. The Morgan fingerprint density at radius 2 is 2.00 bits per heavy atom. The van der Waals surface area contributed by atoms with Gasteiger partial charge >= 0.3 is 6.18 Å². The van der Waals surface area contributed by atoms with Gasteiger partial charge in [0.2, 0.25) is 11.8 Å². The number of hydrogen-bond acceptors (Lipinski definition) is 8. The van der Waals surface area contributed by atoms with E-state index in [9.17, 15) is 18.0 Å². The molecule has 1 aliphatic heterocycles. The van der Waals surface area contributed by atoms with Gasteiger partial charge in [-0.25, -0.2) is 4.98 Å². The highest BCUT2D eigenvalue weighted by Gasteiger charge is 2.32. The minimum Gasteiger partial charge on any atom is -0.415 e. The minimum atomic E-state index is -4.49. The molecular formula is C16H17ClF3N5O2S2. The number of pyridine rings is 1. The van der Waals surface area contributed by atoms with Crippen LogP contribution < -0.4 is 4.90 Å². The molecule has 1 fully saturated rings. The van der Waals surface area contributed by atoms with E-state index in [1.54, 1.807) is 21.6 Å². The lowest BCUT2D eigenvalue weighted by molar-refractivity contribution is -0.137. The summed E-state index contributed by atoms with van der Waals surface area (Å²) in [6, 6.07) is 0.869. The van der Waals surface area contributed by atoms with Crippen molar-refractivity contribution in [3.05, 3.63) is 28.7 Å². The van der Waals surface area contributed by atoms with Gasteiger partial charge in [-0.3, -0.25) is 4.79 Å². The maximum atomic E-state index is 12.7. The third-order valence-corrected chi connectivity index (χ3v) is 5.73. The average molecular weight is 468 g/mol. The highest BCUT2D eigenvalue weighted by Crippen LogP contribution is 2.33. The number of alkyl halides is 3. The fraction of sp³-hybridized carbons (Fsp3) is 0.500. The first-order valence-electron chi connectivity index (χ1n) is 8.47. The number of halogens is 4. The molecule has 2 aromatic heterocycles. The van der Waals surface area contributed by atoms with Crippen molar-refractivity contribution < 1.29 is 22.4 Å². The molecule has 158 valence electrons. The molecule has 0 aliphatic carbocycles. The maximum Gasteiger partial charge on any atom is 0.417 e. The highest BCUT2D eigenvalue weighted by molar-refractivity contribution is 7.99. The SMILES string of the molecule is CSCc1nnc(SCC(=O)N2CCN(c3ncc(C(F)(F)F)cc3Cl)CC2)o1. The largest absolute Gasteiger partial charge is 0.417 e. The number of amides is 1. The van der Waals surface area contributed by atoms with E-state index in [0.29, 0.717) is 43.0 Å². The Bertz CT molecular complexity index is 859. The van der Waals surface area contributed by atoms with E-state index in [-0.39, 0.29) is 22.5 Å². The van der Waals surface area contributed by atoms with Gasteiger partial charge in [-0.15, -0.1) is 10.2 Å². The number of nitrogens with zero attached hydrogens (tertiary/aromatic N) is 5. The van der Waals surface area contributed by atoms with Crippen LogP contribution in [0.15, 0.2) is 21.9 Å². The summed E-state index contributed by atoms with van der Waals surface area (Å²) in [7, 11) is 0. The Morgan fingerprint density at radius 3 is 2.62 bits per heavy atom. The molecule has 1 amide bonds. The number of piperazine rings is 1. The smallest absolute Gasteiger partial charge is 0.415 e. The standard InChI is InChI=1S/C16H17ClF3N5O2S2/c1-28-8-12-22-23-15(27-12)29-9-13(26)24-2-4-25(5-3-24)14-11(17)6-10(7-21-14)16(18,19)20/h6-7H,2-5,8-9H2,1H3. The third kappa shape index (κ3) is 5.70. The summed E-state index contributed by atoms with van der Waals surface area (Å²) in [5.74, 6) is 1.51. The van der Waals surface area contributed by atoms with Crippen LogP contribution in [-0.4, -0.2) is 64.2 Å². The van der Waals surface area contributed by atoms with Crippen molar-refractivity contribution in [3.8, 4) is 0 Å². The Balaban J connectivity index is 1.51. The maximum absolute atomic E-state index is 12.7. The Morgan fingerprint density at radius 1 is 1.28 bits per heavy atom. The van der Waals surface area contributed by atoms with Gasteiger partial charge < -0.3 is 14.2 Å². The second kappa shape index (κ2) is 9.43. The van der Waals surface area contributed by atoms with Crippen molar-refractivity contribution in [1.82, 2.24) is 20.1 Å². The Hall–Kier alpha value is -1.66. The molecule has 7 nitrogen and oxygen atoms in total. The minimum absolute atomic E-state index is 0.0624. The summed E-state index contributed by atoms with van der Waals surface area (Å²) >= 11 is 8.74. The van der Waals surface area contributed by atoms with E-state index in [1.165, 1.54) is 11.8 Å². The second-order valence-electron chi connectivity index (χ2n) is 6.08. The molecule has 3 heterocycles. The molecular weight excluding hydrogens is 451 g/mol. The predicted octanol–water partition coefficient (Wildman–Crippen LogP) is 3.44. The van der Waals surface area contributed by atoms with E-state index in [0.717, 1.165) is 12.3 Å². The molecule has 0 spiro atoms. The van der Waals surface area contributed by atoms with Gasteiger partial charge in [-0.1, -0.05) is 23.4 Å². The summed E-state index contributed by atoms with van der Waals surface area (Å²) in [6.45, 7) is 1.68. The summed E-state index contributed by atoms with van der Waals surface area (Å²) in [5.41, 5.74) is -0.890. The van der Waals surface area contributed by atoms with Crippen LogP contribution in [-0.2, 0) is 16.7 Å². The third-order valence-electron chi connectivity index (χ3n) is 4.12. The van der Waals surface area contributed by atoms with E-state index in [1.807, 2.05) is 6.26 Å². The molecule has 0 N–H and O–H groups in total. The lowest BCUT2D eigenvalue weighted by Gasteiger charge is -2.35. The zero-order chi connectivity index (χ0) is 21.0. The molecule has 2 aromatic rings. The van der Waals surface area contributed by atoms with Gasteiger partial charge in [0.15, 0.2) is 0 Å². The van der Waals surface area contributed by atoms with Crippen LogP contribution in [0.2, 0.25) is 5.02 Å². The molecule has 0 saturated carbocycles. The molecule has 0 unspecified atom stereocenters. The van der Waals surface area contributed by atoms with E-state index < -0.39 is 11.7 Å². The van der Waals surface area contributed by atoms with E-state index in [2.05, 4.69) is 15.2 Å². The number of thioether (sulfide) groups is 2. The van der Waals surface area contributed by atoms with Gasteiger partial charge in [0.05, 0.1) is 22.1 Å². The first-order valence-corrected chi connectivity index (χ1v) is 11.2. The fourth-order valence-corrected chi connectivity index (χ4v) is 4.01. The van der Waals surface area contributed by atoms with Crippen molar-refractivity contribution in [2.45, 2.75) is 17.2 Å². The van der Waals surface area contributed by atoms with Crippen molar-refractivity contribution in [3.63, 3.8) is 0 Å². The number of carbonyl (C=O) groups excluding carboxylic acids is 1. The lowest BCUT2D eigenvalue weighted by atomic mass is 10.2. The highest BCUT2D eigenvalue weighted by atomic mass is 35.5. The van der Waals surface area contributed by atoms with Crippen molar-refractivity contribution in [2.24, 2.45) is 0 Å². The van der Waals surface area contributed by atoms with E-state index in [4.69, 9.17) is 16.0 Å². The number of aromatic nitrogens is 3. The molecule has 0 atom stereocenters. The van der Waals surface area contributed by atoms with Crippen LogP contribution in [0, 0.1) is 0 Å². The second-order valence-corrected chi connectivity index (χ2v) is 8.28.